The van der Waals surface area contributed by atoms with Crippen LogP contribution in [0.15, 0.2) is 18.2 Å². The van der Waals surface area contributed by atoms with Crippen molar-refractivity contribution < 1.29 is 19.4 Å². The number of anilines is 1. The van der Waals surface area contributed by atoms with Crippen molar-refractivity contribution in [2.75, 3.05) is 24.7 Å². The maximum atomic E-state index is 12.3. The van der Waals surface area contributed by atoms with E-state index < -0.39 is 5.97 Å². The Bertz CT molecular complexity index is 527. The van der Waals surface area contributed by atoms with Crippen molar-refractivity contribution in [2.45, 2.75) is 32.6 Å². The van der Waals surface area contributed by atoms with Gasteiger partial charge < -0.3 is 14.7 Å². The number of rotatable bonds is 6. The first kappa shape index (κ1) is 15.5. The highest BCUT2D eigenvalue weighted by Crippen LogP contribution is 2.28. The fraction of sp³-hybridized carbons (Fsp3) is 0.500. The lowest BCUT2D eigenvalue weighted by atomic mass is 9.99. The third-order valence-corrected chi connectivity index (χ3v) is 3.55. The number of amides is 1. The quantitative estimate of drug-likeness (QED) is 0.818. The summed E-state index contributed by atoms with van der Waals surface area (Å²) in [6, 6.07) is 4.97. The molecular weight excluding hydrogens is 270 g/mol. The summed E-state index contributed by atoms with van der Waals surface area (Å²) in [5, 5.41) is 9.03. The van der Waals surface area contributed by atoms with Crippen molar-refractivity contribution in [3.8, 4) is 0 Å². The Hall–Kier alpha value is -1.88. The second kappa shape index (κ2) is 7.22. The Kier molecular flexibility index (Phi) is 5.33. The Morgan fingerprint density at radius 2 is 2.14 bits per heavy atom. The number of carboxylic acid groups (broad SMARTS) is 1. The van der Waals surface area contributed by atoms with Crippen LogP contribution in [0.1, 0.15) is 42.1 Å². The Morgan fingerprint density at radius 1 is 1.33 bits per heavy atom. The third kappa shape index (κ3) is 3.82. The molecule has 1 aromatic carbocycles. The average molecular weight is 291 g/mol. The number of carbonyl (C=O) groups excluding carboxylic acids is 1. The molecule has 1 N–H and O–H groups in total. The second-order valence-electron chi connectivity index (χ2n) is 5.16. The number of nitrogens with zero attached hydrogens (tertiary/aromatic N) is 1. The molecule has 0 aromatic heterocycles. The van der Waals surface area contributed by atoms with Gasteiger partial charge in [0.2, 0.25) is 5.91 Å². The molecule has 0 radical (unpaired) electrons. The summed E-state index contributed by atoms with van der Waals surface area (Å²) in [7, 11) is 0. The minimum atomic E-state index is -0.936. The molecule has 5 nitrogen and oxygen atoms in total. The number of hydrogen-bond acceptors (Lipinski definition) is 3. The van der Waals surface area contributed by atoms with Crippen molar-refractivity contribution in [3.05, 3.63) is 29.3 Å². The molecule has 1 amide bonds. The number of ether oxygens (including phenoxy) is 1. The van der Waals surface area contributed by atoms with E-state index in [0.29, 0.717) is 26.2 Å². The summed E-state index contributed by atoms with van der Waals surface area (Å²) in [5.74, 6) is -0.899. The lowest BCUT2D eigenvalue weighted by molar-refractivity contribution is -0.119. The van der Waals surface area contributed by atoms with E-state index in [2.05, 4.69) is 0 Å². The van der Waals surface area contributed by atoms with Crippen molar-refractivity contribution in [1.29, 1.82) is 0 Å². The number of carbonyl (C=O) groups is 2. The average Bonchev–Trinajstić information content (AvgIpc) is 2.50. The predicted octanol–water partition coefficient (Wildman–Crippen LogP) is 2.48. The molecule has 114 valence electrons. The Labute approximate surface area is 124 Å². The Morgan fingerprint density at radius 3 is 2.86 bits per heavy atom. The van der Waals surface area contributed by atoms with Gasteiger partial charge in [0.1, 0.15) is 0 Å². The molecule has 0 saturated heterocycles. The molecule has 2 rings (SSSR count). The standard InChI is InChI=1S/C16H21NO4/c1-2-9-21-10-7-15(18)17-8-3-4-12-11-13(16(19)20)5-6-14(12)17/h5-6,11H,2-4,7-10H2,1H3,(H,19,20). The van der Waals surface area contributed by atoms with Crippen LogP contribution < -0.4 is 4.90 Å². The minimum absolute atomic E-state index is 0.0372. The number of aromatic carboxylic acids is 1. The van der Waals surface area contributed by atoms with Gasteiger partial charge in [0.15, 0.2) is 0 Å². The maximum absolute atomic E-state index is 12.3. The van der Waals surface area contributed by atoms with Gasteiger partial charge in [-0.05, 0) is 43.0 Å². The molecule has 1 aliphatic rings. The zero-order chi connectivity index (χ0) is 15.2. The van der Waals surface area contributed by atoms with Gasteiger partial charge in [0, 0.05) is 18.8 Å². The summed E-state index contributed by atoms with van der Waals surface area (Å²) in [5.41, 5.74) is 2.05. The van der Waals surface area contributed by atoms with Crippen LogP contribution in [0.3, 0.4) is 0 Å². The fourth-order valence-electron chi connectivity index (χ4n) is 2.53. The molecule has 0 bridgehead atoms. The van der Waals surface area contributed by atoms with Crippen LogP contribution >= 0.6 is 0 Å². The van der Waals surface area contributed by atoms with E-state index in [9.17, 15) is 9.59 Å². The lowest BCUT2D eigenvalue weighted by Crippen LogP contribution is -2.36. The highest BCUT2D eigenvalue weighted by Gasteiger charge is 2.23. The zero-order valence-electron chi connectivity index (χ0n) is 12.3. The van der Waals surface area contributed by atoms with Crippen molar-refractivity contribution in [3.63, 3.8) is 0 Å². The summed E-state index contributed by atoms with van der Waals surface area (Å²) in [6.07, 6.45) is 2.98. The topological polar surface area (TPSA) is 66.8 Å². The molecule has 0 atom stereocenters. The smallest absolute Gasteiger partial charge is 0.335 e. The summed E-state index contributed by atoms with van der Waals surface area (Å²) >= 11 is 0. The number of benzene rings is 1. The normalized spacial score (nSPS) is 13.9. The molecule has 1 aromatic rings. The largest absolute Gasteiger partial charge is 0.478 e. The van der Waals surface area contributed by atoms with Crippen LogP contribution in [-0.2, 0) is 16.0 Å². The highest BCUT2D eigenvalue weighted by atomic mass is 16.5. The first-order valence-electron chi connectivity index (χ1n) is 7.37. The molecule has 1 heterocycles. The van der Waals surface area contributed by atoms with E-state index in [1.807, 2.05) is 6.92 Å². The van der Waals surface area contributed by atoms with Crippen LogP contribution in [-0.4, -0.2) is 36.7 Å². The molecular formula is C16H21NO4. The van der Waals surface area contributed by atoms with Gasteiger partial charge in [-0.2, -0.15) is 0 Å². The van der Waals surface area contributed by atoms with E-state index in [0.717, 1.165) is 30.5 Å². The molecule has 0 unspecified atom stereocenters. The van der Waals surface area contributed by atoms with Crippen molar-refractivity contribution >= 4 is 17.6 Å². The number of hydrogen-bond donors (Lipinski definition) is 1. The summed E-state index contributed by atoms with van der Waals surface area (Å²) in [6.45, 7) is 3.83. The van der Waals surface area contributed by atoms with Gasteiger partial charge in [0.25, 0.3) is 0 Å². The SMILES string of the molecule is CCCOCCC(=O)N1CCCc2cc(C(=O)O)ccc21. The first-order chi connectivity index (χ1) is 10.1. The monoisotopic (exact) mass is 291 g/mol. The van der Waals surface area contributed by atoms with Crippen LogP contribution in [0, 0.1) is 0 Å². The van der Waals surface area contributed by atoms with Crippen molar-refractivity contribution in [2.24, 2.45) is 0 Å². The molecule has 1 aliphatic heterocycles. The second-order valence-corrected chi connectivity index (χ2v) is 5.16. The molecule has 21 heavy (non-hydrogen) atoms. The summed E-state index contributed by atoms with van der Waals surface area (Å²) < 4.78 is 5.36. The molecule has 0 saturated carbocycles. The van der Waals surface area contributed by atoms with E-state index in [1.165, 1.54) is 0 Å². The van der Waals surface area contributed by atoms with E-state index in [4.69, 9.17) is 9.84 Å². The zero-order valence-corrected chi connectivity index (χ0v) is 12.3. The van der Waals surface area contributed by atoms with Gasteiger partial charge in [-0.15, -0.1) is 0 Å². The molecule has 0 fully saturated rings. The number of fused-ring (bicyclic) bond motifs is 1. The van der Waals surface area contributed by atoms with Crippen LogP contribution in [0.5, 0.6) is 0 Å². The molecule has 5 heteroatoms. The Balaban J connectivity index is 2.07. The summed E-state index contributed by atoms with van der Waals surface area (Å²) in [4.78, 5) is 25.0. The minimum Gasteiger partial charge on any atom is -0.478 e. The van der Waals surface area contributed by atoms with Gasteiger partial charge in [-0.25, -0.2) is 4.79 Å². The van der Waals surface area contributed by atoms with Gasteiger partial charge in [-0.3, -0.25) is 4.79 Å². The van der Waals surface area contributed by atoms with E-state index in [1.54, 1.807) is 23.1 Å². The van der Waals surface area contributed by atoms with Crippen LogP contribution in [0.25, 0.3) is 0 Å². The maximum Gasteiger partial charge on any atom is 0.335 e. The van der Waals surface area contributed by atoms with E-state index >= 15 is 0 Å². The first-order valence-corrected chi connectivity index (χ1v) is 7.37. The highest BCUT2D eigenvalue weighted by molar-refractivity contribution is 5.96. The lowest BCUT2D eigenvalue weighted by Gasteiger charge is -2.29. The predicted molar refractivity (Wildman–Crippen MR) is 79.8 cm³/mol. The van der Waals surface area contributed by atoms with Crippen LogP contribution in [0.4, 0.5) is 5.69 Å². The molecule has 0 aliphatic carbocycles. The third-order valence-electron chi connectivity index (χ3n) is 3.55. The fourth-order valence-corrected chi connectivity index (χ4v) is 2.53. The van der Waals surface area contributed by atoms with E-state index in [-0.39, 0.29) is 11.5 Å². The number of aryl methyl sites for hydroxylation is 1. The number of carboxylic acids is 1. The van der Waals surface area contributed by atoms with Gasteiger partial charge in [-0.1, -0.05) is 6.92 Å². The van der Waals surface area contributed by atoms with Crippen LogP contribution in [0.2, 0.25) is 0 Å². The van der Waals surface area contributed by atoms with Crippen molar-refractivity contribution in [1.82, 2.24) is 0 Å². The molecule has 0 spiro atoms. The van der Waals surface area contributed by atoms with Gasteiger partial charge >= 0.3 is 5.97 Å². The van der Waals surface area contributed by atoms with Gasteiger partial charge in [0.05, 0.1) is 18.6 Å².